The van der Waals surface area contributed by atoms with Gasteiger partial charge in [-0.15, -0.1) is 0 Å². The van der Waals surface area contributed by atoms with Crippen LogP contribution in [0.1, 0.15) is 5.56 Å². The highest BCUT2D eigenvalue weighted by Gasteiger charge is 2.50. The number of benzene rings is 1. The summed E-state index contributed by atoms with van der Waals surface area (Å²) in [6.07, 6.45) is 0. The summed E-state index contributed by atoms with van der Waals surface area (Å²) in [5.41, 5.74) is 1.45. The molecule has 0 aliphatic carbocycles. The summed E-state index contributed by atoms with van der Waals surface area (Å²) in [5, 5.41) is 0. The van der Waals surface area contributed by atoms with E-state index < -0.39 is 0 Å². The molecule has 0 bridgehead atoms. The number of hydrogen-bond acceptors (Lipinski definition) is 4. The molecule has 116 valence electrons. The van der Waals surface area contributed by atoms with E-state index in [0.29, 0.717) is 12.5 Å². The third-order valence-corrected chi connectivity index (χ3v) is 4.69. The third-order valence-electron chi connectivity index (χ3n) is 4.69. The zero-order chi connectivity index (χ0) is 14.5. The standard InChI is InChI=1S/C17H25NO3/c1-19-13-17-12-18(9-16(17)11-21-14-17)7-8-20-10-15-5-3-2-4-6-15/h2-6,16H,7-14H2,1H3/t16-,17-/m0/s1. The molecule has 2 saturated heterocycles. The van der Waals surface area contributed by atoms with Crippen LogP contribution in [0.2, 0.25) is 0 Å². The molecule has 21 heavy (non-hydrogen) atoms. The smallest absolute Gasteiger partial charge is 0.0717 e. The summed E-state index contributed by atoms with van der Waals surface area (Å²) in [6.45, 7) is 7.18. The van der Waals surface area contributed by atoms with Crippen molar-refractivity contribution in [2.45, 2.75) is 6.61 Å². The first-order valence-corrected chi connectivity index (χ1v) is 7.73. The lowest BCUT2D eigenvalue weighted by Gasteiger charge is -2.26. The molecule has 0 unspecified atom stereocenters. The molecule has 0 aromatic heterocycles. The van der Waals surface area contributed by atoms with Crippen LogP contribution < -0.4 is 0 Å². The van der Waals surface area contributed by atoms with E-state index in [0.717, 1.165) is 46.1 Å². The van der Waals surface area contributed by atoms with Gasteiger partial charge in [0, 0.05) is 38.1 Å². The van der Waals surface area contributed by atoms with Gasteiger partial charge in [0.2, 0.25) is 0 Å². The van der Waals surface area contributed by atoms with Gasteiger partial charge in [-0.3, -0.25) is 4.90 Å². The van der Waals surface area contributed by atoms with Gasteiger partial charge >= 0.3 is 0 Å². The summed E-state index contributed by atoms with van der Waals surface area (Å²) in [4.78, 5) is 2.50. The monoisotopic (exact) mass is 291 g/mol. The molecule has 0 spiro atoms. The van der Waals surface area contributed by atoms with E-state index in [2.05, 4.69) is 29.2 Å². The number of hydrogen-bond donors (Lipinski definition) is 0. The van der Waals surface area contributed by atoms with Crippen LogP contribution in [0, 0.1) is 11.3 Å². The molecule has 0 saturated carbocycles. The minimum atomic E-state index is 0.216. The topological polar surface area (TPSA) is 30.9 Å². The fourth-order valence-corrected chi connectivity index (χ4v) is 3.56. The van der Waals surface area contributed by atoms with Crippen LogP contribution in [0.15, 0.2) is 30.3 Å². The lowest BCUT2D eigenvalue weighted by molar-refractivity contribution is 0.0467. The molecular formula is C17H25NO3. The second kappa shape index (κ2) is 6.88. The maximum atomic E-state index is 5.79. The summed E-state index contributed by atoms with van der Waals surface area (Å²) in [7, 11) is 1.79. The Balaban J connectivity index is 1.41. The van der Waals surface area contributed by atoms with Gasteiger partial charge < -0.3 is 14.2 Å². The lowest BCUT2D eigenvalue weighted by atomic mass is 9.82. The first kappa shape index (κ1) is 15.0. The summed E-state index contributed by atoms with van der Waals surface area (Å²) in [6, 6.07) is 10.3. The quantitative estimate of drug-likeness (QED) is 0.717. The highest BCUT2D eigenvalue weighted by molar-refractivity contribution is 5.13. The molecule has 4 heteroatoms. The predicted octanol–water partition coefficient (Wildman–Crippen LogP) is 1.80. The third kappa shape index (κ3) is 3.46. The minimum absolute atomic E-state index is 0.216. The average molecular weight is 291 g/mol. The van der Waals surface area contributed by atoms with Crippen LogP contribution in [0.25, 0.3) is 0 Å². The van der Waals surface area contributed by atoms with Crippen LogP contribution in [0.5, 0.6) is 0 Å². The van der Waals surface area contributed by atoms with Crippen LogP contribution >= 0.6 is 0 Å². The number of rotatable bonds is 7. The van der Waals surface area contributed by atoms with Crippen LogP contribution in [0.3, 0.4) is 0 Å². The molecule has 2 atom stereocenters. The van der Waals surface area contributed by atoms with Crippen molar-refractivity contribution < 1.29 is 14.2 Å². The molecule has 2 aliphatic heterocycles. The molecular weight excluding hydrogens is 266 g/mol. The molecule has 0 N–H and O–H groups in total. The van der Waals surface area contributed by atoms with E-state index in [1.54, 1.807) is 7.11 Å². The number of likely N-dealkylation sites (tertiary alicyclic amines) is 1. The zero-order valence-electron chi connectivity index (χ0n) is 12.8. The minimum Gasteiger partial charge on any atom is -0.384 e. The van der Waals surface area contributed by atoms with E-state index in [4.69, 9.17) is 14.2 Å². The molecule has 2 aliphatic rings. The lowest BCUT2D eigenvalue weighted by Crippen LogP contribution is -2.36. The first-order chi connectivity index (χ1) is 10.3. The average Bonchev–Trinajstić information content (AvgIpc) is 3.01. The number of ether oxygens (including phenoxy) is 3. The van der Waals surface area contributed by atoms with Crippen molar-refractivity contribution in [3.05, 3.63) is 35.9 Å². The molecule has 0 radical (unpaired) electrons. The Hall–Kier alpha value is -0.940. The maximum absolute atomic E-state index is 5.79. The van der Waals surface area contributed by atoms with Gasteiger partial charge in [0.05, 0.1) is 33.0 Å². The number of methoxy groups -OCH3 is 1. The van der Waals surface area contributed by atoms with Gasteiger partial charge in [-0.25, -0.2) is 0 Å². The molecule has 4 nitrogen and oxygen atoms in total. The Morgan fingerprint density at radius 2 is 2.19 bits per heavy atom. The van der Waals surface area contributed by atoms with E-state index in [-0.39, 0.29) is 5.41 Å². The molecule has 0 amide bonds. The normalized spacial score (nSPS) is 28.9. The van der Waals surface area contributed by atoms with Crippen molar-refractivity contribution in [1.29, 1.82) is 0 Å². The molecule has 3 rings (SSSR count). The Labute approximate surface area is 127 Å². The van der Waals surface area contributed by atoms with Crippen molar-refractivity contribution in [2.24, 2.45) is 11.3 Å². The Kier molecular flexibility index (Phi) is 4.91. The van der Waals surface area contributed by atoms with Crippen molar-refractivity contribution in [3.63, 3.8) is 0 Å². The highest BCUT2D eigenvalue weighted by atomic mass is 16.5. The highest BCUT2D eigenvalue weighted by Crippen LogP contribution is 2.41. The van der Waals surface area contributed by atoms with Crippen LogP contribution in [-0.2, 0) is 20.8 Å². The zero-order valence-corrected chi connectivity index (χ0v) is 12.8. The SMILES string of the molecule is COC[C@@]12COC[C@@H]1CN(CCOCc1ccccc1)C2. The molecule has 1 aromatic rings. The molecule has 1 aromatic carbocycles. The van der Waals surface area contributed by atoms with Gasteiger partial charge in [-0.05, 0) is 5.56 Å². The first-order valence-electron chi connectivity index (χ1n) is 7.73. The van der Waals surface area contributed by atoms with Crippen LogP contribution in [-0.4, -0.2) is 58.1 Å². The van der Waals surface area contributed by atoms with Crippen LogP contribution in [0.4, 0.5) is 0 Å². The summed E-state index contributed by atoms with van der Waals surface area (Å²) >= 11 is 0. The van der Waals surface area contributed by atoms with Gasteiger partial charge in [-0.2, -0.15) is 0 Å². The fraction of sp³-hybridized carbons (Fsp3) is 0.647. The number of fused-ring (bicyclic) bond motifs is 1. The summed E-state index contributed by atoms with van der Waals surface area (Å²) < 4.78 is 16.9. The Bertz CT molecular complexity index is 439. The van der Waals surface area contributed by atoms with E-state index in [9.17, 15) is 0 Å². The predicted molar refractivity (Wildman–Crippen MR) is 81.2 cm³/mol. The Morgan fingerprint density at radius 1 is 1.33 bits per heavy atom. The fourth-order valence-electron chi connectivity index (χ4n) is 3.56. The van der Waals surface area contributed by atoms with Gasteiger partial charge in [0.25, 0.3) is 0 Å². The van der Waals surface area contributed by atoms with Gasteiger partial charge in [-0.1, -0.05) is 30.3 Å². The van der Waals surface area contributed by atoms with Gasteiger partial charge in [0.1, 0.15) is 0 Å². The van der Waals surface area contributed by atoms with E-state index >= 15 is 0 Å². The summed E-state index contributed by atoms with van der Waals surface area (Å²) in [5.74, 6) is 0.617. The van der Waals surface area contributed by atoms with Crippen molar-refractivity contribution >= 4 is 0 Å². The van der Waals surface area contributed by atoms with E-state index in [1.165, 1.54) is 5.56 Å². The second-order valence-corrected chi connectivity index (χ2v) is 6.28. The number of nitrogens with zero attached hydrogens (tertiary/aromatic N) is 1. The molecule has 2 heterocycles. The second-order valence-electron chi connectivity index (χ2n) is 6.28. The van der Waals surface area contributed by atoms with Crippen molar-refractivity contribution in [1.82, 2.24) is 4.90 Å². The Morgan fingerprint density at radius 3 is 3.00 bits per heavy atom. The van der Waals surface area contributed by atoms with Crippen molar-refractivity contribution in [3.8, 4) is 0 Å². The van der Waals surface area contributed by atoms with Gasteiger partial charge in [0.15, 0.2) is 0 Å². The van der Waals surface area contributed by atoms with E-state index in [1.807, 2.05) is 6.07 Å². The maximum Gasteiger partial charge on any atom is 0.0717 e. The largest absolute Gasteiger partial charge is 0.384 e. The van der Waals surface area contributed by atoms with Crippen molar-refractivity contribution in [2.75, 3.05) is 53.2 Å². The molecule has 2 fully saturated rings.